The van der Waals surface area contributed by atoms with Gasteiger partial charge < -0.3 is 9.67 Å². The Morgan fingerprint density at radius 2 is 2.07 bits per heavy atom. The predicted octanol–water partition coefficient (Wildman–Crippen LogP) is 1.42. The van der Waals surface area contributed by atoms with Gasteiger partial charge in [0.05, 0.1) is 12.6 Å². The van der Waals surface area contributed by atoms with Crippen molar-refractivity contribution in [3.8, 4) is 0 Å². The SMILES string of the molecule is OCC1CCCc2nnc(C3CCC3)n21. The first-order valence-electron chi connectivity index (χ1n) is 5.94. The summed E-state index contributed by atoms with van der Waals surface area (Å²) in [6.07, 6.45) is 7.04. The van der Waals surface area contributed by atoms with E-state index in [2.05, 4.69) is 14.8 Å². The Kier molecular flexibility index (Phi) is 2.24. The molecule has 1 aromatic rings. The number of hydrogen-bond donors (Lipinski definition) is 1. The van der Waals surface area contributed by atoms with Crippen molar-refractivity contribution in [2.75, 3.05) is 6.61 Å². The maximum atomic E-state index is 9.38. The average Bonchev–Trinajstić information content (AvgIpc) is 2.59. The molecule has 0 spiro atoms. The van der Waals surface area contributed by atoms with Gasteiger partial charge in [0.1, 0.15) is 11.6 Å². The number of aromatic nitrogens is 3. The Bertz CT molecular complexity index is 357. The van der Waals surface area contributed by atoms with Crippen LogP contribution < -0.4 is 0 Å². The molecule has 1 saturated carbocycles. The summed E-state index contributed by atoms with van der Waals surface area (Å²) in [4.78, 5) is 0. The molecule has 1 atom stereocenters. The molecule has 2 heterocycles. The van der Waals surface area contributed by atoms with Crippen LogP contribution in [0.2, 0.25) is 0 Å². The molecule has 1 aliphatic carbocycles. The number of aliphatic hydroxyl groups is 1. The minimum Gasteiger partial charge on any atom is -0.394 e. The first-order chi connectivity index (χ1) is 7.40. The van der Waals surface area contributed by atoms with Crippen molar-refractivity contribution in [3.05, 3.63) is 11.6 Å². The monoisotopic (exact) mass is 207 g/mol. The second kappa shape index (κ2) is 3.59. The fraction of sp³-hybridized carbons (Fsp3) is 0.818. The molecule has 4 nitrogen and oxygen atoms in total. The summed E-state index contributed by atoms with van der Waals surface area (Å²) < 4.78 is 2.22. The molecule has 0 saturated heterocycles. The molecule has 82 valence electrons. The maximum Gasteiger partial charge on any atom is 0.136 e. The van der Waals surface area contributed by atoms with Crippen LogP contribution in [0.25, 0.3) is 0 Å². The summed E-state index contributed by atoms with van der Waals surface area (Å²) in [6, 6.07) is 0.236. The summed E-state index contributed by atoms with van der Waals surface area (Å²) in [5.41, 5.74) is 0. The highest BCUT2D eigenvalue weighted by molar-refractivity contribution is 5.09. The van der Waals surface area contributed by atoms with E-state index < -0.39 is 0 Å². The summed E-state index contributed by atoms with van der Waals surface area (Å²) in [5.74, 6) is 2.83. The Hall–Kier alpha value is -0.900. The Labute approximate surface area is 89.3 Å². The van der Waals surface area contributed by atoms with Crippen molar-refractivity contribution in [2.24, 2.45) is 0 Å². The van der Waals surface area contributed by atoms with Crippen LogP contribution in [0, 0.1) is 0 Å². The number of fused-ring (bicyclic) bond motifs is 1. The first-order valence-corrected chi connectivity index (χ1v) is 5.94. The van der Waals surface area contributed by atoms with Gasteiger partial charge in [-0.2, -0.15) is 0 Å². The molecular formula is C11H17N3O. The molecule has 0 aromatic carbocycles. The number of aryl methyl sites for hydroxylation is 1. The lowest BCUT2D eigenvalue weighted by molar-refractivity contribution is 0.198. The summed E-state index contributed by atoms with van der Waals surface area (Å²) in [5, 5.41) is 18.0. The molecule has 1 N–H and O–H groups in total. The van der Waals surface area contributed by atoms with Gasteiger partial charge in [-0.1, -0.05) is 6.42 Å². The van der Waals surface area contributed by atoms with Crippen molar-refractivity contribution < 1.29 is 5.11 Å². The third-order valence-electron chi connectivity index (χ3n) is 3.78. The summed E-state index contributed by atoms with van der Waals surface area (Å²) >= 11 is 0. The zero-order chi connectivity index (χ0) is 10.3. The average molecular weight is 207 g/mol. The second-order valence-electron chi connectivity index (χ2n) is 4.70. The first kappa shape index (κ1) is 9.33. The van der Waals surface area contributed by atoms with E-state index in [0.29, 0.717) is 5.92 Å². The Balaban J connectivity index is 1.97. The van der Waals surface area contributed by atoms with Crippen LogP contribution in [-0.2, 0) is 6.42 Å². The zero-order valence-electron chi connectivity index (χ0n) is 8.89. The van der Waals surface area contributed by atoms with Gasteiger partial charge in [-0.05, 0) is 25.7 Å². The Morgan fingerprint density at radius 3 is 2.73 bits per heavy atom. The number of nitrogens with zero attached hydrogens (tertiary/aromatic N) is 3. The van der Waals surface area contributed by atoms with Crippen molar-refractivity contribution in [3.63, 3.8) is 0 Å². The van der Waals surface area contributed by atoms with Gasteiger partial charge in [0, 0.05) is 12.3 Å². The zero-order valence-corrected chi connectivity index (χ0v) is 8.89. The van der Waals surface area contributed by atoms with E-state index in [0.717, 1.165) is 30.9 Å². The van der Waals surface area contributed by atoms with Crippen molar-refractivity contribution >= 4 is 0 Å². The van der Waals surface area contributed by atoms with Gasteiger partial charge in [-0.15, -0.1) is 10.2 Å². The van der Waals surface area contributed by atoms with Crippen LogP contribution in [0.4, 0.5) is 0 Å². The van der Waals surface area contributed by atoms with Crippen LogP contribution in [0.5, 0.6) is 0 Å². The van der Waals surface area contributed by atoms with Gasteiger partial charge in [0.25, 0.3) is 0 Å². The maximum absolute atomic E-state index is 9.38. The van der Waals surface area contributed by atoms with Gasteiger partial charge in [-0.3, -0.25) is 0 Å². The minimum atomic E-state index is 0.227. The van der Waals surface area contributed by atoms with Gasteiger partial charge in [0.15, 0.2) is 0 Å². The van der Waals surface area contributed by atoms with E-state index >= 15 is 0 Å². The molecule has 0 amide bonds. The van der Waals surface area contributed by atoms with Crippen LogP contribution in [0.1, 0.15) is 55.7 Å². The molecule has 1 fully saturated rings. The van der Waals surface area contributed by atoms with Gasteiger partial charge in [0.2, 0.25) is 0 Å². The molecule has 1 unspecified atom stereocenters. The number of rotatable bonds is 2. The highest BCUT2D eigenvalue weighted by atomic mass is 16.3. The molecule has 3 rings (SSSR count). The molecule has 1 aromatic heterocycles. The fourth-order valence-electron chi connectivity index (χ4n) is 2.65. The molecular weight excluding hydrogens is 190 g/mol. The third kappa shape index (κ3) is 1.39. The van der Waals surface area contributed by atoms with Crippen molar-refractivity contribution in [1.29, 1.82) is 0 Å². The minimum absolute atomic E-state index is 0.227. The van der Waals surface area contributed by atoms with Gasteiger partial charge in [-0.25, -0.2) is 0 Å². The van der Waals surface area contributed by atoms with E-state index in [1.54, 1.807) is 0 Å². The molecule has 2 aliphatic rings. The van der Waals surface area contributed by atoms with Crippen LogP contribution in [0.3, 0.4) is 0 Å². The highest BCUT2D eigenvalue weighted by Crippen LogP contribution is 2.38. The summed E-state index contributed by atoms with van der Waals surface area (Å²) in [6.45, 7) is 0.227. The van der Waals surface area contributed by atoms with E-state index in [4.69, 9.17) is 0 Å². The van der Waals surface area contributed by atoms with E-state index in [9.17, 15) is 5.11 Å². The lowest BCUT2D eigenvalue weighted by Crippen LogP contribution is -2.25. The van der Waals surface area contributed by atoms with Crippen molar-refractivity contribution in [2.45, 2.75) is 50.5 Å². The quantitative estimate of drug-likeness (QED) is 0.797. The van der Waals surface area contributed by atoms with Crippen molar-refractivity contribution in [1.82, 2.24) is 14.8 Å². The molecule has 15 heavy (non-hydrogen) atoms. The lowest BCUT2D eigenvalue weighted by atomic mass is 9.84. The largest absolute Gasteiger partial charge is 0.394 e. The lowest BCUT2D eigenvalue weighted by Gasteiger charge is -2.30. The number of aliphatic hydroxyl groups excluding tert-OH is 1. The smallest absolute Gasteiger partial charge is 0.136 e. The summed E-state index contributed by atoms with van der Waals surface area (Å²) in [7, 11) is 0. The molecule has 0 radical (unpaired) electrons. The van der Waals surface area contributed by atoms with Crippen LogP contribution >= 0.6 is 0 Å². The van der Waals surface area contributed by atoms with Crippen LogP contribution in [0.15, 0.2) is 0 Å². The van der Waals surface area contributed by atoms with Crippen LogP contribution in [-0.4, -0.2) is 26.5 Å². The molecule has 1 aliphatic heterocycles. The second-order valence-corrected chi connectivity index (χ2v) is 4.70. The Morgan fingerprint density at radius 1 is 1.20 bits per heavy atom. The number of hydrogen-bond acceptors (Lipinski definition) is 3. The highest BCUT2D eigenvalue weighted by Gasteiger charge is 2.30. The van der Waals surface area contributed by atoms with Gasteiger partial charge >= 0.3 is 0 Å². The molecule has 0 bridgehead atoms. The standard InChI is InChI=1S/C11H17N3O/c15-7-9-5-2-6-10-12-13-11(14(9)10)8-3-1-4-8/h8-9,15H,1-7H2. The van der Waals surface area contributed by atoms with E-state index in [-0.39, 0.29) is 12.6 Å². The van der Waals surface area contributed by atoms with E-state index in [1.165, 1.54) is 19.3 Å². The molecule has 4 heteroatoms. The third-order valence-corrected chi connectivity index (χ3v) is 3.78. The van der Waals surface area contributed by atoms with E-state index in [1.807, 2.05) is 0 Å². The normalized spacial score (nSPS) is 26.1. The fourth-order valence-corrected chi connectivity index (χ4v) is 2.65. The predicted molar refractivity (Wildman–Crippen MR) is 55.7 cm³/mol. The topological polar surface area (TPSA) is 50.9 Å².